The second kappa shape index (κ2) is 27.8. The molecule has 6 aromatic rings. The maximum Gasteiger partial charge on any atom is 0.386 e. The molecule has 13 rings (SSSR count). The van der Waals surface area contributed by atoms with E-state index < -0.39 is 131 Å². The molecule has 5 saturated heterocycles. The molecule has 0 radical (unpaired) electrons. The molecular formula is C59H68N16O16P2S2. The number of hydrogen-bond acceptors (Lipinski definition) is 24. The monoisotopic (exact) mass is 1380 g/mol. The number of fused-ring (bicyclic) bond motifs is 6. The molecule has 11 heterocycles. The number of imidazole rings is 1. The van der Waals surface area contributed by atoms with E-state index in [0.29, 0.717) is 61.4 Å². The first-order chi connectivity index (χ1) is 45.8. The Morgan fingerprint density at radius 1 is 0.758 bits per heavy atom. The van der Waals surface area contributed by atoms with Crippen LogP contribution in [-0.4, -0.2) is 202 Å². The predicted molar refractivity (Wildman–Crippen MR) is 345 cm³/mol. The number of aliphatic hydroxyl groups is 2. The van der Waals surface area contributed by atoms with Crippen molar-refractivity contribution in [2.45, 2.75) is 119 Å². The lowest BCUT2D eigenvalue weighted by molar-refractivity contribution is -0.146. The first kappa shape index (κ1) is 65.9. The van der Waals surface area contributed by atoms with Crippen molar-refractivity contribution in [3.8, 4) is 11.8 Å². The maximum atomic E-state index is 14.2. The summed E-state index contributed by atoms with van der Waals surface area (Å²) in [5.41, 5.74) is 10.9. The number of ether oxygens (including phenoxy) is 2. The number of nitrogens with one attached hydrogen (secondary N) is 5. The van der Waals surface area contributed by atoms with Gasteiger partial charge in [0.1, 0.15) is 72.0 Å². The molecule has 36 heteroatoms. The van der Waals surface area contributed by atoms with Gasteiger partial charge in [0.25, 0.3) is 0 Å². The number of aromatic nitrogens is 7. The van der Waals surface area contributed by atoms with E-state index in [1.54, 1.807) is 15.7 Å². The van der Waals surface area contributed by atoms with E-state index in [2.05, 4.69) is 75.6 Å². The molecule has 6 amide bonds. The predicted octanol–water partition coefficient (Wildman–Crippen LogP) is 1.27. The molecule has 2 aromatic carbocycles. The fourth-order valence-corrected chi connectivity index (χ4v) is 15.8. The van der Waals surface area contributed by atoms with Crippen molar-refractivity contribution < 1.29 is 76.0 Å². The lowest BCUT2D eigenvalue weighted by atomic mass is 10.0. The molecule has 5 fully saturated rings. The van der Waals surface area contributed by atoms with Crippen LogP contribution < -0.4 is 37.2 Å². The van der Waals surface area contributed by atoms with Crippen molar-refractivity contribution in [1.82, 2.24) is 59.8 Å². The molecule has 95 heavy (non-hydrogen) atoms. The third-order valence-electron chi connectivity index (χ3n) is 17.6. The van der Waals surface area contributed by atoms with Crippen LogP contribution in [0.5, 0.6) is 0 Å². The summed E-state index contributed by atoms with van der Waals surface area (Å²) in [5.74, 6) is 4.04. The van der Waals surface area contributed by atoms with E-state index in [0.717, 1.165) is 28.5 Å². The highest BCUT2D eigenvalue weighted by Gasteiger charge is 2.53. The summed E-state index contributed by atoms with van der Waals surface area (Å²) in [6.45, 7) is -9.26. The molecule has 502 valence electrons. The molecule has 3 unspecified atom stereocenters. The highest BCUT2D eigenvalue weighted by Crippen LogP contribution is 2.58. The molecule has 10 N–H and O–H groups in total. The van der Waals surface area contributed by atoms with E-state index in [1.165, 1.54) is 27.0 Å². The number of benzene rings is 2. The van der Waals surface area contributed by atoms with Crippen LogP contribution in [0.4, 0.5) is 23.3 Å². The van der Waals surface area contributed by atoms with Gasteiger partial charge in [-0.15, -0.1) is 0 Å². The number of aliphatic hydroxyl groups excluding tert-OH is 2. The van der Waals surface area contributed by atoms with Gasteiger partial charge in [0.2, 0.25) is 41.4 Å². The second-order valence-electron chi connectivity index (χ2n) is 23.7. The Kier molecular flexibility index (Phi) is 19.3. The molecule has 4 aromatic heterocycles. The number of likely N-dealkylation sites (tertiary alicyclic amines) is 2. The summed E-state index contributed by atoms with van der Waals surface area (Å²) >= 11 is 9.70. The van der Waals surface area contributed by atoms with Gasteiger partial charge in [-0.1, -0.05) is 54.4 Å². The highest BCUT2D eigenvalue weighted by atomic mass is 32.7. The number of anilines is 4. The lowest BCUT2D eigenvalue weighted by Gasteiger charge is -2.31. The topological polar surface area (TPSA) is 406 Å². The number of aryl methyl sites for hydroxylation is 1. The van der Waals surface area contributed by atoms with Crippen molar-refractivity contribution in [3.63, 3.8) is 0 Å². The number of carbonyl (C=O) groups is 6. The first-order valence-electron chi connectivity index (χ1n) is 31.0. The Bertz CT molecular complexity index is 4180. The molecule has 0 spiro atoms. The Hall–Kier alpha value is -7.74. The number of hydrogen-bond donors (Lipinski definition) is 10. The van der Waals surface area contributed by atoms with Gasteiger partial charge in [-0.05, 0) is 79.7 Å². The largest absolute Gasteiger partial charge is 0.387 e. The van der Waals surface area contributed by atoms with Crippen LogP contribution in [0.1, 0.15) is 79.7 Å². The third kappa shape index (κ3) is 14.0. The number of nitrogens with two attached hydrogens (primary N) is 1. The molecule has 0 saturated carbocycles. The first-order valence-corrected chi connectivity index (χ1v) is 36.3. The van der Waals surface area contributed by atoms with Gasteiger partial charge in [-0.2, -0.15) is 9.97 Å². The molecule has 12 atom stereocenters. The average Bonchev–Trinajstić information content (AvgIpc) is 1.62. The smallest absolute Gasteiger partial charge is 0.386 e. The minimum absolute atomic E-state index is 0.0173. The molecule has 0 aliphatic carbocycles. The fourth-order valence-electron chi connectivity index (χ4n) is 12.9. The van der Waals surface area contributed by atoms with E-state index in [9.17, 15) is 48.4 Å². The summed E-state index contributed by atoms with van der Waals surface area (Å²) in [6.07, 6.45) is -3.78. The van der Waals surface area contributed by atoms with E-state index in [4.69, 9.17) is 45.1 Å². The maximum absolute atomic E-state index is 14.2. The minimum atomic E-state index is -4.50. The molecule has 2 bridgehead atoms. The Labute approximate surface area is 552 Å². The number of nitrogens with zero attached hydrogens (tertiary/aromatic N) is 10. The number of amides is 6. The fraction of sp³-hybridized carbons (Fsp3) is 0.475. The molecule has 7 aliphatic heterocycles. The summed E-state index contributed by atoms with van der Waals surface area (Å²) in [5, 5.41) is 38.5. The summed E-state index contributed by atoms with van der Waals surface area (Å²) in [7, 11) is 0. The van der Waals surface area contributed by atoms with Crippen LogP contribution >= 0.6 is 25.8 Å². The van der Waals surface area contributed by atoms with Crippen LogP contribution in [0.25, 0.3) is 22.2 Å². The zero-order valence-corrected chi connectivity index (χ0v) is 54.3. The van der Waals surface area contributed by atoms with Crippen molar-refractivity contribution in [2.24, 2.45) is 0 Å². The van der Waals surface area contributed by atoms with Gasteiger partial charge in [-0.3, -0.25) is 46.9 Å². The second-order valence-corrected chi connectivity index (χ2v) is 29.3. The van der Waals surface area contributed by atoms with Crippen molar-refractivity contribution in [3.05, 3.63) is 89.6 Å². The third-order valence-corrected chi connectivity index (χ3v) is 20.7. The SMILES string of the molecule is Nc1nc(NCCNC(=O)[C@@H]2CCCN2C(=O)[C@@H]2CCCN2C(=O)CNC(=O)CNC(=O)CCC(=O)N2Cc3ccccc3C#Cc3ccccc32)nc2c1ncn2[C@@H]1O[C@@H]2COP(O)(=S)O[C@@H]3[C@@H](COP(=O)(S)O[C@@H]1[C@@H]2O)OC(n1cc2c4c(ncnc41)NCCC2)[C@@H]3O. The number of thiol groups is 1. The molecule has 32 nitrogen and oxygen atoms in total. The van der Waals surface area contributed by atoms with Gasteiger partial charge in [0, 0.05) is 62.9 Å². The normalized spacial score (nSPS) is 28.0. The van der Waals surface area contributed by atoms with Crippen molar-refractivity contribution >= 4 is 118 Å². The zero-order chi connectivity index (χ0) is 66.3. The Morgan fingerprint density at radius 3 is 2.35 bits per heavy atom. The van der Waals surface area contributed by atoms with Crippen LogP contribution in [0.3, 0.4) is 0 Å². The van der Waals surface area contributed by atoms with E-state index in [1.807, 2.05) is 48.5 Å². The van der Waals surface area contributed by atoms with Gasteiger partial charge in [-0.25, -0.2) is 19.5 Å². The Balaban J connectivity index is 0.586. The minimum Gasteiger partial charge on any atom is -0.387 e. The van der Waals surface area contributed by atoms with E-state index in [-0.39, 0.29) is 74.4 Å². The summed E-state index contributed by atoms with van der Waals surface area (Å²) < 4.78 is 53.2. The van der Waals surface area contributed by atoms with Crippen LogP contribution in [0.15, 0.2) is 67.4 Å². The van der Waals surface area contributed by atoms with Gasteiger partial charge < -0.3 is 80.7 Å². The van der Waals surface area contributed by atoms with Gasteiger partial charge >= 0.3 is 13.5 Å². The van der Waals surface area contributed by atoms with Gasteiger partial charge in [0.05, 0.1) is 50.2 Å². The van der Waals surface area contributed by atoms with Crippen LogP contribution in [0, 0.1) is 11.8 Å². The standard InChI is InChI=1S/C59H68N16O16P2S2/c60-51-46-54(75(31-68-46)58-50-47(80)39(88-58)28-86-92(84,94)90-49-40(29-87-93(85,95)91-50)89-57(48(49)81)74-27-35-11-5-19-61-52-45(35)53(74)67-30-66-52)70-59(69-51)63-21-20-62-55(82)37-13-6-23-72(37)56(83)38-14-7-22-71(38)44(79)25-65-42(77)24-64-41(76)17-18-43(78)73-26-34-10-2-1-8-32(34)15-16-33-9-3-4-12-36(33)73/h1-4,8-10,12,27,30-31,37-40,47-50,57-58,80-81H,5-7,11,13-14,17-26,28-29H2,(H,62,82)(H,64,76)(H,65,77)(H,84,94)(H,85,95)(H,61,66,67)(H3,60,63,69,70)/t37-,38-,39+,40+,47+,48+,49+,50+,57?,58+,92?,93?/m0/s1. The number of nitrogen functional groups attached to an aromatic ring is 1. The van der Waals surface area contributed by atoms with E-state index >= 15 is 0 Å². The van der Waals surface area contributed by atoms with Crippen molar-refractivity contribution in [1.29, 1.82) is 0 Å². The Morgan fingerprint density at radius 2 is 1.51 bits per heavy atom. The summed E-state index contributed by atoms with van der Waals surface area (Å²) in [4.78, 5) is 119. The zero-order valence-electron chi connectivity index (χ0n) is 50.8. The lowest BCUT2D eigenvalue weighted by Crippen LogP contribution is -2.54. The van der Waals surface area contributed by atoms with Crippen LogP contribution in [-0.2, 0) is 85.7 Å². The molecule has 7 aliphatic rings. The number of rotatable bonds is 15. The average molecular weight is 1380 g/mol. The quantitative estimate of drug-likeness (QED) is 0.0299. The van der Waals surface area contributed by atoms with Crippen LogP contribution in [0.2, 0.25) is 0 Å². The number of para-hydroxylation sites is 1. The molecular weight excluding hydrogens is 1310 g/mol. The van der Waals surface area contributed by atoms with Gasteiger partial charge in [0.15, 0.2) is 23.9 Å². The van der Waals surface area contributed by atoms with Crippen molar-refractivity contribution in [2.75, 3.05) is 80.3 Å². The number of carbonyl (C=O) groups excluding carboxylic acids is 6. The highest BCUT2D eigenvalue weighted by molar-refractivity contribution is 8.44. The summed E-state index contributed by atoms with van der Waals surface area (Å²) in [6, 6.07) is 13.1.